The Morgan fingerprint density at radius 2 is 2.11 bits per heavy atom. The molecule has 1 aliphatic heterocycles. The van der Waals surface area contributed by atoms with E-state index >= 15 is 0 Å². The summed E-state index contributed by atoms with van der Waals surface area (Å²) in [6.45, 7) is 0.765. The molecule has 0 saturated carbocycles. The summed E-state index contributed by atoms with van der Waals surface area (Å²) in [4.78, 5) is 22.9. The number of benzene rings is 1. The zero-order valence-corrected chi connectivity index (χ0v) is 10.0. The number of carbonyl (C=O) groups excluding carboxylic acids is 1. The van der Waals surface area contributed by atoms with Crippen LogP contribution in [-0.4, -0.2) is 23.5 Å². The maximum absolute atomic E-state index is 11.9. The summed E-state index contributed by atoms with van der Waals surface area (Å²) < 4.78 is 0. The van der Waals surface area contributed by atoms with Crippen molar-refractivity contribution in [1.82, 2.24) is 5.32 Å². The molecule has 18 heavy (non-hydrogen) atoms. The number of aryl methyl sites for hydroxylation is 1. The van der Waals surface area contributed by atoms with E-state index in [1.807, 2.05) is 6.07 Å². The first-order valence-corrected chi connectivity index (χ1v) is 6.24. The molecular weight excluding hydrogens is 230 g/mol. The highest BCUT2D eigenvalue weighted by molar-refractivity contribution is 5.88. The molecule has 2 aliphatic rings. The molecular formula is C14H15NO3. The van der Waals surface area contributed by atoms with Crippen LogP contribution in [0.3, 0.4) is 0 Å². The summed E-state index contributed by atoms with van der Waals surface area (Å²) in [6, 6.07) is 5.25. The van der Waals surface area contributed by atoms with E-state index in [9.17, 15) is 9.59 Å². The van der Waals surface area contributed by atoms with Gasteiger partial charge in [0.2, 0.25) is 5.91 Å². The van der Waals surface area contributed by atoms with E-state index in [1.54, 1.807) is 12.1 Å². The SMILES string of the molecule is O=C(O)c1ccc2c(c1)CC[C@]1(CCNC1=O)C2. The summed E-state index contributed by atoms with van der Waals surface area (Å²) in [5.74, 6) is -0.729. The number of aromatic carboxylic acids is 1. The first-order valence-electron chi connectivity index (χ1n) is 6.24. The van der Waals surface area contributed by atoms with Gasteiger partial charge < -0.3 is 10.4 Å². The molecule has 94 valence electrons. The van der Waals surface area contributed by atoms with Crippen molar-refractivity contribution in [3.8, 4) is 0 Å². The van der Waals surface area contributed by atoms with Crippen LogP contribution < -0.4 is 5.32 Å². The van der Waals surface area contributed by atoms with E-state index in [0.29, 0.717) is 5.56 Å². The highest BCUT2D eigenvalue weighted by atomic mass is 16.4. The standard InChI is InChI=1S/C14H15NO3/c16-12(17)10-1-2-11-8-14(4-3-9(11)7-10)5-6-15-13(14)18/h1-2,7H,3-6,8H2,(H,15,18)(H,16,17)/t14-/m0/s1. The van der Waals surface area contributed by atoms with Gasteiger partial charge in [-0.25, -0.2) is 4.79 Å². The van der Waals surface area contributed by atoms with Crippen molar-refractivity contribution in [2.24, 2.45) is 5.41 Å². The number of fused-ring (bicyclic) bond motifs is 1. The van der Waals surface area contributed by atoms with Gasteiger partial charge in [-0.05, 0) is 48.9 Å². The second-order valence-electron chi connectivity index (χ2n) is 5.25. The third-order valence-corrected chi connectivity index (χ3v) is 4.23. The number of rotatable bonds is 1. The van der Waals surface area contributed by atoms with Crippen molar-refractivity contribution >= 4 is 11.9 Å². The lowest BCUT2D eigenvalue weighted by Gasteiger charge is -2.32. The van der Waals surface area contributed by atoms with Gasteiger partial charge in [-0.2, -0.15) is 0 Å². The predicted molar refractivity (Wildman–Crippen MR) is 65.5 cm³/mol. The van der Waals surface area contributed by atoms with Gasteiger partial charge in [-0.1, -0.05) is 6.07 Å². The van der Waals surface area contributed by atoms with Gasteiger partial charge >= 0.3 is 5.97 Å². The van der Waals surface area contributed by atoms with Gasteiger partial charge in [0, 0.05) is 6.54 Å². The Hall–Kier alpha value is -1.84. The highest BCUT2D eigenvalue weighted by Gasteiger charge is 2.44. The number of carboxylic acids is 1. The third kappa shape index (κ3) is 1.60. The van der Waals surface area contributed by atoms with Crippen molar-refractivity contribution in [2.75, 3.05) is 6.54 Å². The van der Waals surface area contributed by atoms with Gasteiger partial charge in [0.25, 0.3) is 0 Å². The Labute approximate surface area is 105 Å². The van der Waals surface area contributed by atoms with Gasteiger partial charge in [0.1, 0.15) is 0 Å². The van der Waals surface area contributed by atoms with Gasteiger partial charge in [-0.3, -0.25) is 4.79 Å². The number of carboxylic acid groups (broad SMARTS) is 1. The molecule has 0 radical (unpaired) electrons. The lowest BCUT2D eigenvalue weighted by Crippen LogP contribution is -2.36. The van der Waals surface area contributed by atoms with Crippen molar-refractivity contribution in [1.29, 1.82) is 0 Å². The molecule has 0 bridgehead atoms. The molecule has 2 N–H and O–H groups in total. The van der Waals surface area contributed by atoms with Crippen LogP contribution in [0.1, 0.15) is 34.3 Å². The van der Waals surface area contributed by atoms with Gasteiger partial charge in [-0.15, -0.1) is 0 Å². The second kappa shape index (κ2) is 3.83. The number of hydrogen-bond donors (Lipinski definition) is 2. The molecule has 4 nitrogen and oxygen atoms in total. The number of hydrogen-bond acceptors (Lipinski definition) is 2. The minimum absolute atomic E-state index is 0.162. The zero-order valence-electron chi connectivity index (χ0n) is 10.0. The fraction of sp³-hybridized carbons (Fsp3) is 0.429. The van der Waals surface area contributed by atoms with Crippen molar-refractivity contribution in [3.63, 3.8) is 0 Å². The molecule has 1 saturated heterocycles. The minimum Gasteiger partial charge on any atom is -0.478 e. The molecule has 1 spiro atoms. The quantitative estimate of drug-likeness (QED) is 0.785. The minimum atomic E-state index is -0.892. The maximum Gasteiger partial charge on any atom is 0.335 e. The molecule has 1 fully saturated rings. The highest BCUT2D eigenvalue weighted by Crippen LogP contribution is 2.41. The Bertz CT molecular complexity index is 538. The first kappa shape index (κ1) is 11.3. The Morgan fingerprint density at radius 3 is 2.78 bits per heavy atom. The maximum atomic E-state index is 11.9. The number of nitrogens with one attached hydrogen (secondary N) is 1. The van der Waals surface area contributed by atoms with E-state index in [-0.39, 0.29) is 11.3 Å². The Balaban J connectivity index is 1.94. The monoisotopic (exact) mass is 245 g/mol. The number of amides is 1. The van der Waals surface area contributed by atoms with Crippen LogP contribution >= 0.6 is 0 Å². The van der Waals surface area contributed by atoms with Crippen LogP contribution in [0.2, 0.25) is 0 Å². The predicted octanol–water partition coefficient (Wildman–Crippen LogP) is 1.38. The fourth-order valence-electron chi connectivity index (χ4n) is 3.11. The van der Waals surface area contributed by atoms with Crippen LogP contribution in [0.25, 0.3) is 0 Å². The van der Waals surface area contributed by atoms with E-state index in [2.05, 4.69) is 5.32 Å². The summed E-state index contributed by atoms with van der Waals surface area (Å²) in [7, 11) is 0. The molecule has 1 aromatic rings. The van der Waals surface area contributed by atoms with Gasteiger partial charge in [0.15, 0.2) is 0 Å². The van der Waals surface area contributed by atoms with Crippen LogP contribution in [0.4, 0.5) is 0 Å². The summed E-state index contributed by atoms with van der Waals surface area (Å²) in [5, 5.41) is 11.9. The summed E-state index contributed by atoms with van der Waals surface area (Å²) >= 11 is 0. The smallest absolute Gasteiger partial charge is 0.335 e. The van der Waals surface area contributed by atoms with E-state index in [0.717, 1.165) is 43.4 Å². The van der Waals surface area contributed by atoms with Crippen molar-refractivity contribution in [2.45, 2.75) is 25.7 Å². The molecule has 0 aromatic heterocycles. The Kier molecular flexibility index (Phi) is 2.40. The normalized spacial score (nSPS) is 25.9. The van der Waals surface area contributed by atoms with E-state index in [1.165, 1.54) is 0 Å². The van der Waals surface area contributed by atoms with Gasteiger partial charge in [0.05, 0.1) is 11.0 Å². The Morgan fingerprint density at radius 1 is 1.28 bits per heavy atom. The molecule has 3 rings (SSSR count). The molecule has 1 heterocycles. The largest absolute Gasteiger partial charge is 0.478 e. The third-order valence-electron chi connectivity index (χ3n) is 4.23. The fourth-order valence-corrected chi connectivity index (χ4v) is 3.11. The molecule has 1 amide bonds. The van der Waals surface area contributed by atoms with Crippen molar-refractivity contribution < 1.29 is 14.7 Å². The van der Waals surface area contributed by atoms with E-state index in [4.69, 9.17) is 5.11 Å². The van der Waals surface area contributed by atoms with Crippen LogP contribution in [0.5, 0.6) is 0 Å². The van der Waals surface area contributed by atoms with Crippen LogP contribution in [0.15, 0.2) is 18.2 Å². The molecule has 1 aliphatic carbocycles. The van der Waals surface area contributed by atoms with Crippen molar-refractivity contribution in [3.05, 3.63) is 34.9 Å². The van der Waals surface area contributed by atoms with Crippen LogP contribution in [-0.2, 0) is 17.6 Å². The lowest BCUT2D eigenvalue weighted by molar-refractivity contribution is -0.128. The molecule has 4 heteroatoms. The molecule has 1 aromatic carbocycles. The zero-order chi connectivity index (χ0) is 12.8. The topological polar surface area (TPSA) is 66.4 Å². The lowest BCUT2D eigenvalue weighted by atomic mass is 9.70. The molecule has 0 unspecified atom stereocenters. The second-order valence-corrected chi connectivity index (χ2v) is 5.25. The summed E-state index contributed by atoms with van der Waals surface area (Å²) in [5.41, 5.74) is 2.31. The average molecular weight is 245 g/mol. The number of carbonyl (C=O) groups is 2. The van der Waals surface area contributed by atoms with Crippen LogP contribution in [0, 0.1) is 5.41 Å². The van der Waals surface area contributed by atoms with E-state index < -0.39 is 5.97 Å². The molecule has 1 atom stereocenters. The first-order chi connectivity index (χ1) is 8.61. The summed E-state index contributed by atoms with van der Waals surface area (Å²) in [6.07, 6.45) is 3.26. The average Bonchev–Trinajstić information content (AvgIpc) is 2.70.